The molecule has 0 fully saturated rings. The molecule has 0 saturated carbocycles. The third-order valence-electron chi connectivity index (χ3n) is 2.27. The number of rotatable bonds is 8. The lowest BCUT2D eigenvalue weighted by atomic mass is 10.1. The number of nitrogens with one attached hydrogen (secondary N) is 1. The molecule has 0 aliphatic heterocycles. The molecular weight excluding hydrogens is 202 g/mol. The van der Waals surface area contributed by atoms with Gasteiger partial charge in [0, 0.05) is 26.1 Å². The van der Waals surface area contributed by atoms with Gasteiger partial charge in [0.2, 0.25) is 0 Å². The van der Waals surface area contributed by atoms with Crippen LogP contribution in [-0.2, 0) is 9.47 Å². The monoisotopic (exact) mass is 223 g/mol. The Bertz CT molecular complexity index is 142. The van der Waals surface area contributed by atoms with Crippen molar-refractivity contribution >= 4 is 11.6 Å². The van der Waals surface area contributed by atoms with Crippen LogP contribution >= 0.6 is 11.6 Å². The minimum Gasteiger partial charge on any atom is -0.383 e. The van der Waals surface area contributed by atoms with E-state index >= 15 is 0 Å². The molecule has 1 unspecified atom stereocenters. The van der Waals surface area contributed by atoms with E-state index in [-0.39, 0.29) is 11.6 Å². The van der Waals surface area contributed by atoms with Crippen molar-refractivity contribution in [3.05, 3.63) is 0 Å². The number of alkyl halides is 1. The van der Waals surface area contributed by atoms with Gasteiger partial charge in [-0.25, -0.2) is 0 Å². The Morgan fingerprint density at radius 2 is 2.00 bits per heavy atom. The third-order valence-corrected chi connectivity index (χ3v) is 2.64. The van der Waals surface area contributed by atoms with Gasteiger partial charge in [0.25, 0.3) is 0 Å². The average Bonchev–Trinajstić information content (AvgIpc) is 2.16. The quantitative estimate of drug-likeness (QED) is 0.635. The molecule has 86 valence electrons. The SMILES string of the molecule is COCC(CCl)NCCC(C)(C)OC. The molecule has 0 bridgehead atoms. The largest absolute Gasteiger partial charge is 0.383 e. The minimum absolute atomic E-state index is 0.0725. The van der Waals surface area contributed by atoms with Crippen molar-refractivity contribution < 1.29 is 9.47 Å². The molecule has 0 aromatic carbocycles. The van der Waals surface area contributed by atoms with Crippen molar-refractivity contribution in [2.75, 3.05) is 33.3 Å². The van der Waals surface area contributed by atoms with Crippen molar-refractivity contribution in [1.29, 1.82) is 0 Å². The average molecular weight is 224 g/mol. The summed E-state index contributed by atoms with van der Waals surface area (Å²) in [6, 6.07) is 0.231. The van der Waals surface area contributed by atoms with Gasteiger partial charge in [-0.15, -0.1) is 11.6 Å². The zero-order chi connectivity index (χ0) is 11.0. The lowest BCUT2D eigenvalue weighted by molar-refractivity contribution is 0.0149. The zero-order valence-electron chi connectivity index (χ0n) is 9.60. The molecule has 3 nitrogen and oxygen atoms in total. The van der Waals surface area contributed by atoms with E-state index in [1.807, 2.05) is 0 Å². The Morgan fingerprint density at radius 3 is 2.43 bits per heavy atom. The van der Waals surface area contributed by atoms with Gasteiger partial charge in [0.05, 0.1) is 12.2 Å². The number of ether oxygens (including phenoxy) is 2. The summed E-state index contributed by atoms with van der Waals surface area (Å²) in [6.45, 7) is 5.68. The van der Waals surface area contributed by atoms with Gasteiger partial charge in [0.1, 0.15) is 0 Å². The van der Waals surface area contributed by atoms with Crippen LogP contribution < -0.4 is 5.32 Å². The van der Waals surface area contributed by atoms with E-state index in [9.17, 15) is 0 Å². The fourth-order valence-electron chi connectivity index (χ4n) is 1.04. The molecule has 0 rings (SSSR count). The fourth-order valence-corrected chi connectivity index (χ4v) is 1.24. The Morgan fingerprint density at radius 1 is 1.36 bits per heavy atom. The van der Waals surface area contributed by atoms with Gasteiger partial charge in [-0.05, 0) is 26.8 Å². The smallest absolute Gasteiger partial charge is 0.0634 e. The van der Waals surface area contributed by atoms with Crippen LogP contribution in [0.15, 0.2) is 0 Å². The lowest BCUT2D eigenvalue weighted by Gasteiger charge is -2.24. The van der Waals surface area contributed by atoms with Gasteiger partial charge in [-0.3, -0.25) is 0 Å². The standard InChI is InChI=1S/C10H22ClNO2/c1-10(2,14-4)5-6-12-9(7-11)8-13-3/h9,12H,5-8H2,1-4H3. The highest BCUT2D eigenvalue weighted by Gasteiger charge is 2.16. The lowest BCUT2D eigenvalue weighted by Crippen LogP contribution is -2.38. The van der Waals surface area contributed by atoms with Crippen LogP contribution in [0.1, 0.15) is 20.3 Å². The summed E-state index contributed by atoms with van der Waals surface area (Å²) in [7, 11) is 3.41. The molecule has 0 aliphatic rings. The van der Waals surface area contributed by atoms with Gasteiger partial charge in [0.15, 0.2) is 0 Å². The first kappa shape index (κ1) is 14.2. The van der Waals surface area contributed by atoms with Crippen molar-refractivity contribution in [1.82, 2.24) is 5.32 Å². The van der Waals surface area contributed by atoms with E-state index in [0.717, 1.165) is 13.0 Å². The minimum atomic E-state index is -0.0725. The van der Waals surface area contributed by atoms with Crippen LogP contribution in [0.4, 0.5) is 0 Å². The highest BCUT2D eigenvalue weighted by atomic mass is 35.5. The molecular formula is C10H22ClNO2. The van der Waals surface area contributed by atoms with E-state index in [4.69, 9.17) is 21.1 Å². The van der Waals surface area contributed by atoms with Crippen LogP contribution in [0.25, 0.3) is 0 Å². The van der Waals surface area contributed by atoms with Crippen LogP contribution in [-0.4, -0.2) is 44.9 Å². The molecule has 14 heavy (non-hydrogen) atoms. The number of hydrogen-bond acceptors (Lipinski definition) is 3. The van der Waals surface area contributed by atoms with E-state index in [2.05, 4.69) is 19.2 Å². The highest BCUT2D eigenvalue weighted by molar-refractivity contribution is 6.18. The van der Waals surface area contributed by atoms with Crippen molar-refractivity contribution in [2.45, 2.75) is 31.9 Å². The van der Waals surface area contributed by atoms with E-state index in [1.54, 1.807) is 14.2 Å². The normalized spacial score (nSPS) is 14.4. The second-order valence-corrected chi connectivity index (χ2v) is 4.28. The Labute approximate surface area is 92.1 Å². The number of halogens is 1. The summed E-state index contributed by atoms with van der Waals surface area (Å²) in [5.41, 5.74) is -0.0725. The summed E-state index contributed by atoms with van der Waals surface area (Å²) >= 11 is 5.76. The van der Waals surface area contributed by atoms with Crippen molar-refractivity contribution in [3.8, 4) is 0 Å². The molecule has 1 atom stereocenters. The van der Waals surface area contributed by atoms with Crippen molar-refractivity contribution in [2.24, 2.45) is 0 Å². The highest BCUT2D eigenvalue weighted by Crippen LogP contribution is 2.11. The topological polar surface area (TPSA) is 30.5 Å². The summed E-state index contributed by atoms with van der Waals surface area (Å²) in [5, 5.41) is 3.32. The summed E-state index contributed by atoms with van der Waals surface area (Å²) in [4.78, 5) is 0. The van der Waals surface area contributed by atoms with Gasteiger partial charge in [-0.2, -0.15) is 0 Å². The molecule has 0 spiro atoms. The summed E-state index contributed by atoms with van der Waals surface area (Å²) in [5.74, 6) is 0.571. The van der Waals surface area contributed by atoms with Crippen LogP contribution in [0.3, 0.4) is 0 Å². The van der Waals surface area contributed by atoms with Gasteiger partial charge in [-0.1, -0.05) is 0 Å². The maximum atomic E-state index is 5.76. The van der Waals surface area contributed by atoms with Crippen LogP contribution in [0.2, 0.25) is 0 Å². The maximum Gasteiger partial charge on any atom is 0.0634 e. The Balaban J connectivity index is 3.60. The maximum absolute atomic E-state index is 5.76. The van der Waals surface area contributed by atoms with Crippen LogP contribution in [0.5, 0.6) is 0 Å². The zero-order valence-corrected chi connectivity index (χ0v) is 10.4. The first-order valence-corrected chi connectivity index (χ1v) is 5.42. The third kappa shape index (κ3) is 6.60. The van der Waals surface area contributed by atoms with Crippen LogP contribution in [0, 0.1) is 0 Å². The molecule has 0 aromatic rings. The fraction of sp³-hybridized carbons (Fsp3) is 1.00. The van der Waals surface area contributed by atoms with E-state index in [1.165, 1.54) is 0 Å². The molecule has 0 saturated heterocycles. The summed E-state index contributed by atoms with van der Waals surface area (Å²) < 4.78 is 10.3. The molecule has 0 radical (unpaired) electrons. The van der Waals surface area contributed by atoms with E-state index in [0.29, 0.717) is 12.5 Å². The Kier molecular flexibility index (Phi) is 7.55. The molecule has 0 amide bonds. The molecule has 1 N–H and O–H groups in total. The molecule has 0 aliphatic carbocycles. The number of hydrogen-bond donors (Lipinski definition) is 1. The van der Waals surface area contributed by atoms with Crippen molar-refractivity contribution in [3.63, 3.8) is 0 Å². The first-order chi connectivity index (χ1) is 6.55. The van der Waals surface area contributed by atoms with Gasteiger partial charge < -0.3 is 14.8 Å². The van der Waals surface area contributed by atoms with Gasteiger partial charge >= 0.3 is 0 Å². The second kappa shape index (κ2) is 7.46. The number of methoxy groups -OCH3 is 2. The second-order valence-electron chi connectivity index (χ2n) is 3.97. The predicted octanol–water partition coefficient (Wildman–Crippen LogP) is 1.64. The molecule has 4 heteroatoms. The molecule has 0 heterocycles. The molecule has 0 aromatic heterocycles. The Hall–Kier alpha value is 0.170. The van der Waals surface area contributed by atoms with E-state index < -0.39 is 0 Å². The predicted molar refractivity (Wildman–Crippen MR) is 60.1 cm³/mol. The first-order valence-electron chi connectivity index (χ1n) is 4.89. The summed E-state index contributed by atoms with van der Waals surface area (Å²) in [6.07, 6.45) is 0.959.